The number of fused-ring (bicyclic) bond motifs is 1. The zero-order chi connectivity index (χ0) is 17.1. The van der Waals surface area contributed by atoms with Crippen molar-refractivity contribution < 1.29 is 9.53 Å². The highest BCUT2D eigenvalue weighted by Crippen LogP contribution is 2.33. The average molecular weight is 340 g/mol. The summed E-state index contributed by atoms with van der Waals surface area (Å²) in [5.41, 5.74) is 4.35. The zero-order valence-corrected chi connectivity index (χ0v) is 14.6. The molecule has 1 amide bonds. The summed E-state index contributed by atoms with van der Waals surface area (Å²) in [6.45, 7) is 2.12. The number of methoxy groups -OCH3 is 1. The second-order valence-corrected chi connectivity index (χ2v) is 6.19. The largest absolute Gasteiger partial charge is 0.497 e. The Kier molecular flexibility index (Phi) is 4.81. The molecule has 0 unspecified atom stereocenters. The molecule has 5 heteroatoms. The Balaban J connectivity index is 2.10. The van der Waals surface area contributed by atoms with Crippen molar-refractivity contribution in [2.75, 3.05) is 13.7 Å². The molecular formula is C19H20N2O2S. The second-order valence-electron chi connectivity index (χ2n) is 5.67. The number of carbonyl (C=O) groups excluding carboxylic acids is 1. The van der Waals surface area contributed by atoms with Gasteiger partial charge >= 0.3 is 0 Å². The van der Waals surface area contributed by atoms with Gasteiger partial charge in [-0.1, -0.05) is 12.1 Å². The van der Waals surface area contributed by atoms with E-state index in [0.29, 0.717) is 6.54 Å². The predicted molar refractivity (Wildman–Crippen MR) is 99.9 cm³/mol. The molecule has 0 fully saturated rings. The van der Waals surface area contributed by atoms with E-state index in [-0.39, 0.29) is 5.91 Å². The molecule has 3 rings (SSSR count). The van der Waals surface area contributed by atoms with Crippen LogP contribution in [0.1, 0.15) is 12.5 Å². The van der Waals surface area contributed by atoms with E-state index in [1.165, 1.54) is 6.92 Å². The number of nitrogens with one attached hydrogen (secondary N) is 2. The Hall–Kier alpha value is -2.40. The van der Waals surface area contributed by atoms with Crippen LogP contribution in [-0.2, 0) is 11.2 Å². The summed E-state index contributed by atoms with van der Waals surface area (Å²) in [6.07, 6.45) is 0.735. The van der Waals surface area contributed by atoms with Crippen LogP contribution in [0.5, 0.6) is 5.75 Å². The third-order valence-electron chi connectivity index (χ3n) is 4.00. The number of H-pyrrole nitrogens is 1. The standard InChI is InChI=1S/C19H20N2O2S/c1-12(22)20-9-8-16-17-11-14(23-2)6-7-18(17)21-19(16)13-4-3-5-15(24)10-13/h3-7,10-11,21,24H,8-9H2,1-2H3,(H,20,22). The fourth-order valence-electron chi connectivity index (χ4n) is 2.88. The Morgan fingerprint density at radius 2 is 2.08 bits per heavy atom. The van der Waals surface area contributed by atoms with Crippen molar-refractivity contribution in [2.24, 2.45) is 0 Å². The van der Waals surface area contributed by atoms with Crippen LogP contribution in [0.3, 0.4) is 0 Å². The molecule has 1 heterocycles. The maximum atomic E-state index is 11.2. The predicted octanol–water partition coefficient (Wildman–Crippen LogP) is 3.81. The summed E-state index contributed by atoms with van der Waals surface area (Å²) in [5, 5.41) is 3.98. The first kappa shape index (κ1) is 16.5. The van der Waals surface area contributed by atoms with Crippen LogP contribution in [0.25, 0.3) is 22.2 Å². The fraction of sp³-hybridized carbons (Fsp3) is 0.211. The maximum absolute atomic E-state index is 11.2. The summed E-state index contributed by atoms with van der Waals surface area (Å²) in [5.74, 6) is 0.795. The molecule has 0 bridgehead atoms. The van der Waals surface area contributed by atoms with Gasteiger partial charge in [0.2, 0.25) is 5.91 Å². The van der Waals surface area contributed by atoms with Crippen LogP contribution in [-0.4, -0.2) is 24.5 Å². The number of amides is 1. The van der Waals surface area contributed by atoms with Crippen molar-refractivity contribution in [2.45, 2.75) is 18.2 Å². The van der Waals surface area contributed by atoms with Crippen molar-refractivity contribution in [3.63, 3.8) is 0 Å². The minimum Gasteiger partial charge on any atom is -0.497 e. The fourth-order valence-corrected chi connectivity index (χ4v) is 3.11. The number of aromatic amines is 1. The minimum absolute atomic E-state index is 0.0219. The van der Waals surface area contributed by atoms with Gasteiger partial charge < -0.3 is 15.0 Å². The first-order chi connectivity index (χ1) is 11.6. The normalized spacial score (nSPS) is 10.8. The van der Waals surface area contributed by atoms with Gasteiger partial charge in [0.05, 0.1) is 7.11 Å². The Morgan fingerprint density at radius 3 is 2.79 bits per heavy atom. The van der Waals surface area contributed by atoms with E-state index in [4.69, 9.17) is 4.74 Å². The average Bonchev–Trinajstić information content (AvgIpc) is 2.92. The van der Waals surface area contributed by atoms with Crippen molar-refractivity contribution in [1.82, 2.24) is 10.3 Å². The van der Waals surface area contributed by atoms with Gasteiger partial charge in [-0.05, 0) is 47.9 Å². The lowest BCUT2D eigenvalue weighted by atomic mass is 10.0. The molecule has 3 aromatic rings. The van der Waals surface area contributed by atoms with E-state index >= 15 is 0 Å². The summed E-state index contributed by atoms with van der Waals surface area (Å²) < 4.78 is 5.36. The lowest BCUT2D eigenvalue weighted by Gasteiger charge is -2.07. The van der Waals surface area contributed by atoms with Crippen LogP contribution in [0, 0.1) is 0 Å². The number of hydrogen-bond acceptors (Lipinski definition) is 3. The monoisotopic (exact) mass is 340 g/mol. The Labute approximate surface area is 146 Å². The van der Waals surface area contributed by atoms with Gasteiger partial charge in [0, 0.05) is 35.0 Å². The number of aromatic nitrogens is 1. The Bertz CT molecular complexity index is 886. The van der Waals surface area contributed by atoms with E-state index < -0.39 is 0 Å². The quantitative estimate of drug-likeness (QED) is 0.619. The van der Waals surface area contributed by atoms with E-state index in [1.807, 2.05) is 36.4 Å². The molecular weight excluding hydrogens is 320 g/mol. The highest BCUT2D eigenvalue weighted by molar-refractivity contribution is 7.80. The van der Waals surface area contributed by atoms with Crippen LogP contribution < -0.4 is 10.1 Å². The molecule has 0 saturated carbocycles. The van der Waals surface area contributed by atoms with E-state index in [2.05, 4.69) is 29.0 Å². The van der Waals surface area contributed by atoms with Crippen LogP contribution >= 0.6 is 12.6 Å². The summed E-state index contributed by atoms with van der Waals surface area (Å²) in [4.78, 5) is 15.6. The molecule has 0 spiro atoms. The molecule has 0 saturated heterocycles. The van der Waals surface area contributed by atoms with E-state index in [0.717, 1.165) is 44.8 Å². The molecule has 0 aliphatic rings. The number of benzene rings is 2. The van der Waals surface area contributed by atoms with Gasteiger partial charge in [-0.15, -0.1) is 12.6 Å². The summed E-state index contributed by atoms with van der Waals surface area (Å²) >= 11 is 4.44. The Morgan fingerprint density at radius 1 is 1.25 bits per heavy atom. The van der Waals surface area contributed by atoms with E-state index in [1.54, 1.807) is 7.11 Å². The molecule has 2 aromatic carbocycles. The highest BCUT2D eigenvalue weighted by atomic mass is 32.1. The smallest absolute Gasteiger partial charge is 0.216 e. The lowest BCUT2D eigenvalue weighted by molar-refractivity contribution is -0.118. The molecule has 0 aliphatic heterocycles. The van der Waals surface area contributed by atoms with Crippen LogP contribution in [0.4, 0.5) is 0 Å². The molecule has 124 valence electrons. The summed E-state index contributed by atoms with van der Waals surface area (Å²) in [7, 11) is 1.66. The number of hydrogen-bond donors (Lipinski definition) is 3. The van der Waals surface area contributed by atoms with Crippen molar-refractivity contribution >= 4 is 29.4 Å². The van der Waals surface area contributed by atoms with Gasteiger partial charge in [0.1, 0.15) is 5.75 Å². The lowest BCUT2D eigenvalue weighted by Crippen LogP contribution is -2.22. The molecule has 0 atom stereocenters. The molecule has 0 radical (unpaired) electrons. The highest BCUT2D eigenvalue weighted by Gasteiger charge is 2.14. The molecule has 0 aliphatic carbocycles. The van der Waals surface area contributed by atoms with E-state index in [9.17, 15) is 4.79 Å². The topological polar surface area (TPSA) is 54.1 Å². The van der Waals surface area contributed by atoms with Crippen molar-refractivity contribution in [3.8, 4) is 17.0 Å². The number of carbonyl (C=O) groups is 1. The van der Waals surface area contributed by atoms with Gasteiger partial charge in [-0.25, -0.2) is 0 Å². The molecule has 24 heavy (non-hydrogen) atoms. The minimum atomic E-state index is -0.0219. The SMILES string of the molecule is COc1ccc2[nH]c(-c3cccc(S)c3)c(CCNC(C)=O)c2c1. The van der Waals surface area contributed by atoms with Gasteiger partial charge in [0.15, 0.2) is 0 Å². The number of thiol groups is 1. The first-order valence-electron chi connectivity index (χ1n) is 7.81. The first-order valence-corrected chi connectivity index (χ1v) is 8.25. The zero-order valence-electron chi connectivity index (χ0n) is 13.7. The third-order valence-corrected chi connectivity index (χ3v) is 4.28. The van der Waals surface area contributed by atoms with Gasteiger partial charge in [-0.2, -0.15) is 0 Å². The number of ether oxygens (including phenoxy) is 1. The van der Waals surface area contributed by atoms with Gasteiger partial charge in [-0.3, -0.25) is 4.79 Å². The molecule has 2 N–H and O–H groups in total. The van der Waals surface area contributed by atoms with Crippen LogP contribution in [0.2, 0.25) is 0 Å². The molecule has 4 nitrogen and oxygen atoms in total. The summed E-state index contributed by atoms with van der Waals surface area (Å²) in [6, 6.07) is 14.0. The van der Waals surface area contributed by atoms with Crippen molar-refractivity contribution in [3.05, 3.63) is 48.0 Å². The van der Waals surface area contributed by atoms with Gasteiger partial charge in [0.25, 0.3) is 0 Å². The number of rotatable bonds is 5. The maximum Gasteiger partial charge on any atom is 0.216 e. The second kappa shape index (κ2) is 7.01. The van der Waals surface area contributed by atoms with Crippen LogP contribution in [0.15, 0.2) is 47.4 Å². The molecule has 1 aromatic heterocycles. The van der Waals surface area contributed by atoms with Crippen molar-refractivity contribution in [1.29, 1.82) is 0 Å². The third kappa shape index (κ3) is 3.41.